The Bertz CT molecular complexity index is 1540. The molecule has 0 radical (unpaired) electrons. The topological polar surface area (TPSA) is 103 Å². The normalized spacial score (nSPS) is 24.2. The number of nitrogens with one attached hydrogen (secondary N) is 3. The van der Waals surface area contributed by atoms with Gasteiger partial charge in [-0.25, -0.2) is 5.01 Å². The second-order valence-corrected chi connectivity index (χ2v) is 12.0. The van der Waals surface area contributed by atoms with Crippen molar-refractivity contribution in [2.45, 2.75) is 50.1 Å². The largest absolute Gasteiger partial charge is 0.368 e. The molecular formula is C34H39N5O2. The third kappa shape index (κ3) is 5.16. The zero-order chi connectivity index (χ0) is 28.6. The summed E-state index contributed by atoms with van der Waals surface area (Å²) in [7, 11) is 3.62. The number of rotatable bonds is 7. The van der Waals surface area contributed by atoms with E-state index in [0.29, 0.717) is 12.3 Å². The van der Waals surface area contributed by atoms with Crippen molar-refractivity contribution in [3.8, 4) is 11.1 Å². The van der Waals surface area contributed by atoms with Gasteiger partial charge in [-0.1, -0.05) is 72.8 Å². The number of amides is 2. The fourth-order valence-corrected chi connectivity index (χ4v) is 7.10. The summed E-state index contributed by atoms with van der Waals surface area (Å²) in [4.78, 5) is 30.4. The summed E-state index contributed by atoms with van der Waals surface area (Å²) in [5.74, 6) is -0.0366. The zero-order valence-corrected chi connectivity index (χ0v) is 23.8. The molecule has 6 rings (SSSR count). The molecule has 1 aromatic heterocycles. The van der Waals surface area contributed by atoms with Gasteiger partial charge in [-0.2, -0.15) is 0 Å². The van der Waals surface area contributed by atoms with Crippen LogP contribution in [0.5, 0.6) is 0 Å². The summed E-state index contributed by atoms with van der Waals surface area (Å²) in [6, 6.07) is 26.8. The fraction of sp³-hybridized carbons (Fsp3) is 0.353. The molecule has 2 atom stereocenters. The van der Waals surface area contributed by atoms with Crippen LogP contribution in [0.1, 0.15) is 42.5 Å². The number of carbonyl (C=O) groups is 2. The average molecular weight is 550 g/mol. The Labute approximate surface area is 241 Å². The standard InChI is InChI=1S/C34H39N5O2/c1-39(2)38-33(41)34(31-28(21-30(37-34)32(35)40)27-10-6-7-11-29(27)36-31)26-18-14-23(15-19-26)20-22-12-16-25(17-13-22)24-8-4-3-5-9-24/h3-13,16-17,23,26,30,36-37H,14-15,18-21H2,1-2H3,(H2,35,40)(H,38,41). The second kappa shape index (κ2) is 11.1. The Balaban J connectivity index is 1.27. The van der Waals surface area contributed by atoms with Gasteiger partial charge in [0.15, 0.2) is 0 Å². The number of hydrogen-bond acceptors (Lipinski definition) is 4. The van der Waals surface area contributed by atoms with Crippen molar-refractivity contribution in [1.82, 2.24) is 20.7 Å². The van der Waals surface area contributed by atoms with Gasteiger partial charge in [-0.05, 0) is 78.7 Å². The van der Waals surface area contributed by atoms with Crippen LogP contribution >= 0.6 is 0 Å². The number of aromatic nitrogens is 1. The van der Waals surface area contributed by atoms with E-state index in [4.69, 9.17) is 5.73 Å². The highest BCUT2D eigenvalue weighted by atomic mass is 16.2. The van der Waals surface area contributed by atoms with Crippen LogP contribution in [-0.2, 0) is 28.0 Å². The fourth-order valence-electron chi connectivity index (χ4n) is 7.10. The lowest BCUT2D eigenvalue weighted by Crippen LogP contribution is -2.67. The average Bonchev–Trinajstić information content (AvgIpc) is 3.37. The molecule has 7 nitrogen and oxygen atoms in total. The van der Waals surface area contributed by atoms with Crippen molar-refractivity contribution in [1.29, 1.82) is 0 Å². The van der Waals surface area contributed by atoms with Crippen molar-refractivity contribution in [3.05, 3.63) is 95.7 Å². The van der Waals surface area contributed by atoms with E-state index in [0.717, 1.165) is 54.3 Å². The van der Waals surface area contributed by atoms with Crippen LogP contribution in [0.15, 0.2) is 78.9 Å². The van der Waals surface area contributed by atoms with Crippen molar-refractivity contribution < 1.29 is 9.59 Å². The quantitative estimate of drug-likeness (QED) is 0.252. The Kier molecular flexibility index (Phi) is 7.41. The smallest absolute Gasteiger partial charge is 0.261 e. The molecule has 1 aliphatic heterocycles. The highest BCUT2D eigenvalue weighted by molar-refractivity contribution is 5.95. The van der Waals surface area contributed by atoms with Gasteiger partial charge in [0.05, 0.1) is 6.04 Å². The van der Waals surface area contributed by atoms with Gasteiger partial charge in [0.25, 0.3) is 5.91 Å². The van der Waals surface area contributed by atoms with Crippen LogP contribution in [-0.4, -0.2) is 41.9 Å². The molecule has 2 aliphatic rings. The van der Waals surface area contributed by atoms with Gasteiger partial charge in [-0.15, -0.1) is 0 Å². The number of nitrogens with zero attached hydrogens (tertiary/aromatic N) is 1. The van der Waals surface area contributed by atoms with E-state index in [2.05, 4.69) is 70.3 Å². The molecule has 2 unspecified atom stereocenters. The maximum atomic E-state index is 14.2. The van der Waals surface area contributed by atoms with Gasteiger partial charge >= 0.3 is 0 Å². The Morgan fingerprint density at radius 3 is 2.24 bits per heavy atom. The molecule has 1 saturated carbocycles. The molecule has 3 aromatic carbocycles. The van der Waals surface area contributed by atoms with E-state index in [9.17, 15) is 9.59 Å². The van der Waals surface area contributed by atoms with Crippen molar-refractivity contribution >= 4 is 22.7 Å². The van der Waals surface area contributed by atoms with Crippen LogP contribution in [0.2, 0.25) is 0 Å². The number of hydrogen-bond donors (Lipinski definition) is 4. The highest BCUT2D eigenvalue weighted by Gasteiger charge is 2.54. The summed E-state index contributed by atoms with van der Waals surface area (Å²) in [6.45, 7) is 0. The van der Waals surface area contributed by atoms with Gasteiger partial charge in [-0.3, -0.25) is 20.3 Å². The number of primary amides is 1. The second-order valence-electron chi connectivity index (χ2n) is 12.0. The molecule has 2 amide bonds. The molecule has 212 valence electrons. The van der Waals surface area contributed by atoms with Gasteiger partial charge < -0.3 is 10.7 Å². The minimum Gasteiger partial charge on any atom is -0.368 e. The lowest BCUT2D eigenvalue weighted by atomic mass is 9.66. The lowest BCUT2D eigenvalue weighted by Gasteiger charge is -2.47. The zero-order valence-electron chi connectivity index (χ0n) is 23.8. The van der Waals surface area contributed by atoms with Crippen LogP contribution < -0.4 is 16.5 Å². The van der Waals surface area contributed by atoms with Crippen LogP contribution in [0, 0.1) is 11.8 Å². The molecule has 2 heterocycles. The first-order valence-electron chi connectivity index (χ1n) is 14.6. The summed E-state index contributed by atoms with van der Waals surface area (Å²) in [6.07, 6.45) is 5.26. The molecule has 0 spiro atoms. The summed E-state index contributed by atoms with van der Waals surface area (Å²) in [5.41, 5.74) is 14.5. The van der Waals surface area contributed by atoms with E-state index in [-0.39, 0.29) is 11.8 Å². The summed E-state index contributed by atoms with van der Waals surface area (Å²) >= 11 is 0. The molecule has 0 bridgehead atoms. The third-order valence-corrected chi connectivity index (χ3v) is 9.09. The first kappa shape index (κ1) is 27.2. The minimum atomic E-state index is -1.08. The molecule has 7 heteroatoms. The predicted molar refractivity (Wildman–Crippen MR) is 163 cm³/mol. The maximum Gasteiger partial charge on any atom is 0.261 e. The molecule has 41 heavy (non-hydrogen) atoms. The minimum absolute atomic E-state index is 0.00752. The summed E-state index contributed by atoms with van der Waals surface area (Å²) in [5, 5.41) is 6.22. The lowest BCUT2D eigenvalue weighted by molar-refractivity contribution is -0.137. The molecule has 0 saturated heterocycles. The SMILES string of the molecule is CN(C)NC(=O)C1(C2CCC(Cc3ccc(-c4ccccc4)cc3)CC2)NC(C(N)=O)Cc2c1[nH]c1ccccc21. The van der Waals surface area contributed by atoms with Crippen LogP contribution in [0.3, 0.4) is 0 Å². The Hall–Kier alpha value is -3.94. The van der Waals surface area contributed by atoms with Crippen molar-refractivity contribution in [3.63, 3.8) is 0 Å². The molecule has 1 aliphatic carbocycles. The Morgan fingerprint density at radius 1 is 0.902 bits per heavy atom. The first-order chi connectivity index (χ1) is 19.8. The Morgan fingerprint density at radius 2 is 1.56 bits per heavy atom. The molecule has 1 fully saturated rings. The van der Waals surface area contributed by atoms with E-state index >= 15 is 0 Å². The number of para-hydroxylation sites is 1. The number of H-pyrrole nitrogens is 1. The predicted octanol–water partition coefficient (Wildman–Crippen LogP) is 4.67. The number of benzene rings is 3. The van der Waals surface area contributed by atoms with Crippen molar-refractivity contribution in [2.24, 2.45) is 17.6 Å². The maximum absolute atomic E-state index is 14.2. The van der Waals surface area contributed by atoms with E-state index < -0.39 is 17.5 Å². The molecule has 4 aromatic rings. The summed E-state index contributed by atoms with van der Waals surface area (Å²) < 4.78 is 0. The third-order valence-electron chi connectivity index (χ3n) is 9.09. The van der Waals surface area contributed by atoms with Gasteiger partial charge in [0, 0.05) is 30.7 Å². The van der Waals surface area contributed by atoms with Gasteiger partial charge in [0.2, 0.25) is 5.91 Å². The van der Waals surface area contributed by atoms with E-state index in [1.54, 1.807) is 5.01 Å². The number of aromatic amines is 1. The molecule has 5 N–H and O–H groups in total. The molecular weight excluding hydrogens is 510 g/mol. The first-order valence-corrected chi connectivity index (χ1v) is 14.6. The number of hydrazine groups is 1. The van der Waals surface area contributed by atoms with E-state index in [1.165, 1.54) is 16.7 Å². The number of fused-ring (bicyclic) bond motifs is 3. The number of nitrogens with two attached hydrogens (primary N) is 1. The van der Waals surface area contributed by atoms with E-state index in [1.807, 2.05) is 38.4 Å². The monoisotopic (exact) mass is 549 g/mol. The number of carbonyl (C=O) groups excluding carboxylic acids is 2. The highest BCUT2D eigenvalue weighted by Crippen LogP contribution is 2.46. The van der Waals surface area contributed by atoms with Crippen molar-refractivity contribution in [2.75, 3.05) is 14.1 Å². The van der Waals surface area contributed by atoms with Crippen LogP contribution in [0.25, 0.3) is 22.0 Å². The van der Waals surface area contributed by atoms with Gasteiger partial charge in [0.1, 0.15) is 5.54 Å². The van der Waals surface area contributed by atoms with Crippen LogP contribution in [0.4, 0.5) is 0 Å².